The summed E-state index contributed by atoms with van der Waals surface area (Å²) in [5, 5.41) is 13.6. The fourth-order valence-electron chi connectivity index (χ4n) is 1.46. The maximum absolute atomic E-state index is 10.6. The van der Waals surface area contributed by atoms with Gasteiger partial charge in [0, 0.05) is 41.7 Å². The number of rotatable bonds is 2. The number of fused-ring (bicyclic) bond motifs is 1. The van der Waals surface area contributed by atoms with Crippen molar-refractivity contribution in [3.8, 4) is 0 Å². The highest BCUT2D eigenvalue weighted by molar-refractivity contribution is 7.17. The number of non-ortho nitro benzene ring substituents is 1. The molecule has 0 saturated heterocycles. The normalized spacial score (nSPS) is 10.5. The molecular formula is C10H10N2O2S. The summed E-state index contributed by atoms with van der Waals surface area (Å²) in [5.41, 5.74) is 1.17. The zero-order chi connectivity index (χ0) is 11.0. The summed E-state index contributed by atoms with van der Waals surface area (Å²) >= 11 is 1.60. The van der Waals surface area contributed by atoms with Gasteiger partial charge in [-0.2, -0.15) is 0 Å². The minimum atomic E-state index is -0.365. The van der Waals surface area contributed by atoms with Crippen LogP contribution < -0.4 is 4.90 Å². The Bertz CT molecular complexity index is 519. The third-order valence-electron chi connectivity index (χ3n) is 2.23. The van der Waals surface area contributed by atoms with Crippen LogP contribution in [0.2, 0.25) is 0 Å². The molecule has 0 bridgehead atoms. The number of nitro groups is 1. The molecule has 1 aromatic heterocycles. The maximum atomic E-state index is 10.6. The fraction of sp³-hybridized carbons (Fsp3) is 0.200. The van der Waals surface area contributed by atoms with E-state index in [1.54, 1.807) is 23.5 Å². The van der Waals surface area contributed by atoms with Crippen molar-refractivity contribution >= 4 is 32.8 Å². The van der Waals surface area contributed by atoms with E-state index < -0.39 is 0 Å². The Morgan fingerprint density at radius 1 is 1.40 bits per heavy atom. The number of nitro benzene ring substituents is 1. The second-order valence-electron chi connectivity index (χ2n) is 3.45. The molecule has 0 N–H and O–H groups in total. The van der Waals surface area contributed by atoms with E-state index in [4.69, 9.17) is 0 Å². The summed E-state index contributed by atoms with van der Waals surface area (Å²) in [6.45, 7) is 0. The van der Waals surface area contributed by atoms with Crippen molar-refractivity contribution in [2.24, 2.45) is 0 Å². The van der Waals surface area contributed by atoms with Gasteiger partial charge in [0.2, 0.25) is 0 Å². The largest absolute Gasteiger partial charge is 0.376 e. The number of nitrogens with zero attached hydrogens (tertiary/aromatic N) is 2. The number of thiophene rings is 1. The van der Waals surface area contributed by atoms with E-state index in [2.05, 4.69) is 0 Å². The Morgan fingerprint density at radius 2 is 2.13 bits per heavy atom. The minimum Gasteiger partial charge on any atom is -0.376 e. The molecular weight excluding hydrogens is 212 g/mol. The molecule has 0 amide bonds. The van der Waals surface area contributed by atoms with Gasteiger partial charge in [-0.1, -0.05) is 0 Å². The van der Waals surface area contributed by atoms with E-state index >= 15 is 0 Å². The number of anilines is 1. The first-order valence-corrected chi connectivity index (χ1v) is 5.30. The van der Waals surface area contributed by atoms with E-state index in [0.717, 1.165) is 15.8 Å². The first-order chi connectivity index (χ1) is 7.09. The molecule has 78 valence electrons. The lowest BCUT2D eigenvalue weighted by Gasteiger charge is -2.09. The van der Waals surface area contributed by atoms with Crippen molar-refractivity contribution in [3.05, 3.63) is 33.7 Å². The Balaban J connectivity index is 2.66. The Hall–Kier alpha value is -1.62. The fourth-order valence-corrected chi connectivity index (χ4v) is 2.48. The van der Waals surface area contributed by atoms with Gasteiger partial charge < -0.3 is 4.90 Å². The highest BCUT2D eigenvalue weighted by Crippen LogP contribution is 2.34. The molecule has 0 saturated carbocycles. The smallest absolute Gasteiger partial charge is 0.270 e. The zero-order valence-electron chi connectivity index (χ0n) is 8.43. The van der Waals surface area contributed by atoms with E-state index in [1.807, 2.05) is 24.4 Å². The second-order valence-corrected chi connectivity index (χ2v) is 4.36. The lowest BCUT2D eigenvalue weighted by Crippen LogP contribution is -2.07. The van der Waals surface area contributed by atoms with Gasteiger partial charge in [-0.05, 0) is 6.07 Å². The molecule has 15 heavy (non-hydrogen) atoms. The summed E-state index contributed by atoms with van der Waals surface area (Å²) in [6.07, 6.45) is 0. The summed E-state index contributed by atoms with van der Waals surface area (Å²) in [5.74, 6) is 0. The highest BCUT2D eigenvalue weighted by atomic mass is 32.1. The number of benzene rings is 1. The van der Waals surface area contributed by atoms with Gasteiger partial charge in [-0.15, -0.1) is 11.3 Å². The molecule has 0 spiro atoms. The van der Waals surface area contributed by atoms with Gasteiger partial charge in [0.05, 0.1) is 10.6 Å². The van der Waals surface area contributed by atoms with Gasteiger partial charge in [-0.3, -0.25) is 10.1 Å². The number of hydrogen-bond acceptors (Lipinski definition) is 4. The molecule has 0 aliphatic carbocycles. The highest BCUT2D eigenvalue weighted by Gasteiger charge is 2.11. The average Bonchev–Trinajstić information content (AvgIpc) is 2.59. The van der Waals surface area contributed by atoms with Crippen LogP contribution in [-0.2, 0) is 0 Å². The molecule has 5 heteroatoms. The Morgan fingerprint density at radius 3 is 2.73 bits per heavy atom. The first kappa shape index (κ1) is 9.92. The van der Waals surface area contributed by atoms with Crippen LogP contribution in [0.25, 0.3) is 10.1 Å². The van der Waals surface area contributed by atoms with E-state index in [9.17, 15) is 10.1 Å². The third-order valence-corrected chi connectivity index (χ3v) is 3.18. The van der Waals surface area contributed by atoms with Crippen LogP contribution in [0, 0.1) is 10.1 Å². The monoisotopic (exact) mass is 222 g/mol. The summed E-state index contributed by atoms with van der Waals surface area (Å²) in [7, 11) is 3.86. The van der Waals surface area contributed by atoms with Crippen molar-refractivity contribution in [3.63, 3.8) is 0 Å². The predicted molar refractivity (Wildman–Crippen MR) is 62.8 cm³/mol. The van der Waals surface area contributed by atoms with Crippen molar-refractivity contribution in [2.75, 3.05) is 19.0 Å². The standard InChI is InChI=1S/C10H10N2O2S/c1-11(2)9-6-15-10-4-3-7(12(13)14)5-8(9)10/h3-6H,1-2H3. The molecule has 0 unspecified atom stereocenters. The topological polar surface area (TPSA) is 46.4 Å². The maximum Gasteiger partial charge on any atom is 0.270 e. The van der Waals surface area contributed by atoms with Gasteiger partial charge in [0.15, 0.2) is 0 Å². The van der Waals surface area contributed by atoms with Gasteiger partial charge in [-0.25, -0.2) is 0 Å². The van der Waals surface area contributed by atoms with Crippen LogP contribution in [-0.4, -0.2) is 19.0 Å². The molecule has 4 nitrogen and oxygen atoms in total. The summed E-state index contributed by atoms with van der Waals surface area (Å²) in [6, 6.07) is 4.96. The molecule has 0 atom stereocenters. The van der Waals surface area contributed by atoms with Crippen molar-refractivity contribution < 1.29 is 4.92 Å². The molecule has 0 aliphatic heterocycles. The molecule has 1 heterocycles. The van der Waals surface area contributed by atoms with Crippen LogP contribution in [0.4, 0.5) is 11.4 Å². The third kappa shape index (κ3) is 1.66. The molecule has 0 radical (unpaired) electrons. The van der Waals surface area contributed by atoms with Crippen molar-refractivity contribution in [1.82, 2.24) is 0 Å². The predicted octanol–water partition coefficient (Wildman–Crippen LogP) is 2.88. The van der Waals surface area contributed by atoms with Crippen LogP contribution in [0.15, 0.2) is 23.6 Å². The zero-order valence-corrected chi connectivity index (χ0v) is 9.25. The molecule has 0 aliphatic rings. The lowest BCUT2D eigenvalue weighted by molar-refractivity contribution is -0.384. The Kier molecular flexibility index (Phi) is 2.32. The summed E-state index contributed by atoms with van der Waals surface area (Å²) in [4.78, 5) is 12.2. The van der Waals surface area contributed by atoms with Gasteiger partial charge >= 0.3 is 0 Å². The first-order valence-electron chi connectivity index (χ1n) is 4.42. The second kappa shape index (κ2) is 3.51. The van der Waals surface area contributed by atoms with Crippen LogP contribution in [0.5, 0.6) is 0 Å². The van der Waals surface area contributed by atoms with Gasteiger partial charge in [0.1, 0.15) is 0 Å². The molecule has 2 rings (SSSR count). The number of hydrogen-bond donors (Lipinski definition) is 0. The molecule has 1 aromatic carbocycles. The van der Waals surface area contributed by atoms with Crippen molar-refractivity contribution in [2.45, 2.75) is 0 Å². The van der Waals surface area contributed by atoms with E-state index in [1.165, 1.54) is 6.07 Å². The average molecular weight is 222 g/mol. The Labute approximate surface area is 90.9 Å². The molecule has 0 fully saturated rings. The molecule has 2 aromatic rings. The quantitative estimate of drug-likeness (QED) is 0.579. The lowest BCUT2D eigenvalue weighted by atomic mass is 10.2. The van der Waals surface area contributed by atoms with Crippen molar-refractivity contribution in [1.29, 1.82) is 0 Å². The van der Waals surface area contributed by atoms with E-state index in [-0.39, 0.29) is 10.6 Å². The van der Waals surface area contributed by atoms with Gasteiger partial charge in [0.25, 0.3) is 5.69 Å². The van der Waals surface area contributed by atoms with E-state index in [0.29, 0.717) is 0 Å². The SMILES string of the molecule is CN(C)c1csc2ccc([N+](=O)[O-])cc12. The summed E-state index contributed by atoms with van der Waals surface area (Å²) < 4.78 is 1.07. The minimum absolute atomic E-state index is 0.143. The van der Waals surface area contributed by atoms with Crippen LogP contribution in [0.1, 0.15) is 0 Å². The van der Waals surface area contributed by atoms with Crippen LogP contribution >= 0.6 is 11.3 Å². The van der Waals surface area contributed by atoms with Crippen LogP contribution in [0.3, 0.4) is 0 Å².